The van der Waals surface area contributed by atoms with E-state index in [0.717, 1.165) is 6.07 Å². The molecule has 1 aromatic carbocycles. The third-order valence-corrected chi connectivity index (χ3v) is 2.37. The van der Waals surface area contributed by atoms with Crippen LogP contribution in [0.15, 0.2) is 24.3 Å². The third kappa shape index (κ3) is 2.94. The second-order valence-electron chi connectivity index (χ2n) is 3.72. The predicted molar refractivity (Wildman–Crippen MR) is 59.9 cm³/mol. The van der Waals surface area contributed by atoms with Gasteiger partial charge in [0.2, 0.25) is 0 Å². The molecule has 0 aliphatic carbocycles. The van der Waals surface area contributed by atoms with E-state index in [9.17, 15) is 26.7 Å². The minimum atomic E-state index is -5.93. The molecule has 3 nitrogen and oxygen atoms in total. The van der Waals surface area contributed by atoms with Crippen LogP contribution in [0.4, 0.5) is 33.3 Å². The molecule has 19 heavy (non-hydrogen) atoms. The van der Waals surface area contributed by atoms with Crippen LogP contribution >= 0.6 is 0 Å². The van der Waals surface area contributed by atoms with Crippen LogP contribution in [0.1, 0.15) is 6.92 Å². The molecule has 1 aromatic rings. The summed E-state index contributed by atoms with van der Waals surface area (Å²) in [4.78, 5) is 11.7. The molecule has 0 aromatic heterocycles. The Hall–Kier alpha value is -1.86. The van der Waals surface area contributed by atoms with Gasteiger partial charge in [0.1, 0.15) is 0 Å². The van der Waals surface area contributed by atoms with Crippen LogP contribution in [0.2, 0.25) is 0 Å². The molecule has 1 amide bonds. The maximum absolute atomic E-state index is 13.0. The summed E-state index contributed by atoms with van der Waals surface area (Å²) in [5.74, 6) is -7.76. The lowest BCUT2D eigenvalue weighted by atomic mass is 10.2. The zero-order chi connectivity index (χ0) is 14.8. The van der Waals surface area contributed by atoms with Gasteiger partial charge in [-0.15, -0.1) is 0 Å². The van der Waals surface area contributed by atoms with Gasteiger partial charge in [-0.2, -0.15) is 22.0 Å². The van der Waals surface area contributed by atoms with Crippen molar-refractivity contribution in [2.45, 2.75) is 19.0 Å². The van der Waals surface area contributed by atoms with Crippen molar-refractivity contribution in [3.05, 3.63) is 24.3 Å². The van der Waals surface area contributed by atoms with Crippen molar-refractivity contribution in [2.75, 3.05) is 17.2 Å². The maximum atomic E-state index is 13.0. The fourth-order valence-electron chi connectivity index (χ4n) is 1.43. The van der Waals surface area contributed by atoms with Crippen molar-refractivity contribution in [1.29, 1.82) is 0 Å². The molecule has 0 aliphatic rings. The molecule has 0 saturated carbocycles. The minimum absolute atomic E-state index is 0.114. The summed E-state index contributed by atoms with van der Waals surface area (Å²) in [6.45, 7) is 0.946. The third-order valence-electron chi connectivity index (χ3n) is 2.37. The van der Waals surface area contributed by atoms with Gasteiger partial charge < -0.3 is 10.6 Å². The first-order valence-corrected chi connectivity index (χ1v) is 5.23. The summed E-state index contributed by atoms with van der Waals surface area (Å²) in [6, 6.07) is 5.15. The van der Waals surface area contributed by atoms with Crippen molar-refractivity contribution in [2.24, 2.45) is 0 Å². The van der Waals surface area contributed by atoms with Gasteiger partial charge in [0, 0.05) is 17.9 Å². The van der Waals surface area contributed by atoms with Gasteiger partial charge in [0.05, 0.1) is 0 Å². The first-order chi connectivity index (χ1) is 8.61. The summed E-state index contributed by atoms with van der Waals surface area (Å²) in [5.41, 5.74) is 5.44. The molecule has 0 heterocycles. The number of amides is 1. The Kier molecular flexibility index (Phi) is 4.02. The molecule has 106 valence electrons. The number of nitrogens with two attached hydrogens (primary N) is 1. The van der Waals surface area contributed by atoms with Crippen molar-refractivity contribution >= 4 is 17.3 Å². The smallest absolute Gasteiger partial charge is 0.399 e. The molecule has 0 unspecified atom stereocenters. The monoisotopic (exact) mass is 282 g/mol. The highest BCUT2D eigenvalue weighted by Crippen LogP contribution is 2.37. The Morgan fingerprint density at radius 2 is 1.84 bits per heavy atom. The van der Waals surface area contributed by atoms with E-state index < -0.39 is 18.0 Å². The zero-order valence-corrected chi connectivity index (χ0v) is 9.84. The number of carbonyl (C=O) groups excluding carboxylic acids is 1. The van der Waals surface area contributed by atoms with Gasteiger partial charge in [-0.25, -0.2) is 0 Å². The fourth-order valence-corrected chi connectivity index (χ4v) is 1.43. The predicted octanol–water partition coefficient (Wildman–Crippen LogP) is 2.82. The molecule has 0 aliphatic heterocycles. The fraction of sp³-hybridized carbons (Fsp3) is 0.364. The van der Waals surface area contributed by atoms with Gasteiger partial charge in [0.25, 0.3) is 0 Å². The molecule has 1 rings (SSSR count). The second kappa shape index (κ2) is 5.02. The Balaban J connectivity index is 3.15. The van der Waals surface area contributed by atoms with E-state index in [-0.39, 0.29) is 17.9 Å². The standard InChI is InChI=1S/C11H11F5N2O/c1-2-18(8-5-3-4-7(17)6-8)9(19)10(12,13)11(14,15)16/h3-6H,2,17H2,1H3. The summed E-state index contributed by atoms with van der Waals surface area (Å²) in [7, 11) is 0. The highest BCUT2D eigenvalue weighted by Gasteiger charge is 2.64. The molecule has 0 radical (unpaired) electrons. The quantitative estimate of drug-likeness (QED) is 0.684. The molecule has 0 fully saturated rings. The SMILES string of the molecule is CCN(C(=O)C(F)(F)C(F)(F)F)c1cccc(N)c1. The molecule has 0 atom stereocenters. The van der Waals surface area contributed by atoms with Gasteiger partial charge in [-0.1, -0.05) is 6.07 Å². The lowest BCUT2D eigenvalue weighted by molar-refractivity contribution is -0.268. The number of halogens is 5. The summed E-state index contributed by atoms with van der Waals surface area (Å²) in [6.07, 6.45) is -5.93. The van der Waals surface area contributed by atoms with Crippen LogP contribution in [0.5, 0.6) is 0 Å². The topological polar surface area (TPSA) is 46.3 Å². The summed E-state index contributed by atoms with van der Waals surface area (Å²) in [5, 5.41) is 0. The Morgan fingerprint density at radius 1 is 1.26 bits per heavy atom. The van der Waals surface area contributed by atoms with Crippen molar-refractivity contribution in [1.82, 2.24) is 0 Å². The summed E-state index contributed by atoms with van der Waals surface area (Å²) < 4.78 is 62.5. The van der Waals surface area contributed by atoms with Crippen LogP contribution in [0.3, 0.4) is 0 Å². The molecule has 0 spiro atoms. The number of nitrogens with zero attached hydrogens (tertiary/aromatic N) is 1. The number of hydrogen-bond acceptors (Lipinski definition) is 2. The lowest BCUT2D eigenvalue weighted by Crippen LogP contribution is -2.52. The molecular weight excluding hydrogens is 271 g/mol. The van der Waals surface area contributed by atoms with E-state index in [1.54, 1.807) is 0 Å². The Morgan fingerprint density at radius 3 is 2.26 bits per heavy atom. The van der Waals surface area contributed by atoms with E-state index in [4.69, 9.17) is 5.73 Å². The molecule has 0 saturated heterocycles. The van der Waals surface area contributed by atoms with Crippen molar-refractivity contribution < 1.29 is 26.7 Å². The van der Waals surface area contributed by atoms with Gasteiger partial charge in [0.15, 0.2) is 0 Å². The van der Waals surface area contributed by atoms with Crippen LogP contribution < -0.4 is 10.6 Å². The highest BCUT2D eigenvalue weighted by molar-refractivity contribution is 5.99. The Bertz CT molecular complexity index is 472. The van der Waals surface area contributed by atoms with Crippen LogP contribution in [0, 0.1) is 0 Å². The number of alkyl halides is 5. The van der Waals surface area contributed by atoms with Crippen LogP contribution in [-0.2, 0) is 4.79 Å². The normalized spacial score (nSPS) is 12.3. The molecule has 8 heteroatoms. The molecule has 0 bridgehead atoms. The lowest BCUT2D eigenvalue weighted by Gasteiger charge is -2.27. The zero-order valence-electron chi connectivity index (χ0n) is 9.84. The van der Waals surface area contributed by atoms with Gasteiger partial charge in [-0.3, -0.25) is 4.79 Å². The van der Waals surface area contributed by atoms with Crippen molar-refractivity contribution in [3.63, 3.8) is 0 Å². The number of hydrogen-bond donors (Lipinski definition) is 1. The number of rotatable bonds is 3. The Labute approximate surface area is 105 Å². The van der Waals surface area contributed by atoms with Gasteiger partial charge in [-0.05, 0) is 25.1 Å². The second-order valence-corrected chi connectivity index (χ2v) is 3.72. The first-order valence-electron chi connectivity index (χ1n) is 5.23. The highest BCUT2D eigenvalue weighted by atomic mass is 19.4. The van der Waals surface area contributed by atoms with Crippen LogP contribution in [0.25, 0.3) is 0 Å². The number of anilines is 2. The largest absolute Gasteiger partial charge is 0.463 e. The van der Waals surface area contributed by atoms with E-state index in [1.807, 2.05) is 0 Å². The number of benzene rings is 1. The average molecular weight is 282 g/mol. The summed E-state index contributed by atoms with van der Waals surface area (Å²) >= 11 is 0. The van der Waals surface area contributed by atoms with Crippen molar-refractivity contribution in [3.8, 4) is 0 Å². The minimum Gasteiger partial charge on any atom is -0.399 e. The number of nitrogen functional groups attached to an aromatic ring is 1. The van der Waals surface area contributed by atoms with Crippen LogP contribution in [-0.4, -0.2) is 24.6 Å². The van der Waals surface area contributed by atoms with Gasteiger partial charge >= 0.3 is 18.0 Å². The molecular formula is C11H11F5N2O. The average Bonchev–Trinajstić information content (AvgIpc) is 2.28. The van der Waals surface area contributed by atoms with E-state index in [2.05, 4.69) is 0 Å². The molecule has 2 N–H and O–H groups in total. The van der Waals surface area contributed by atoms with E-state index in [1.165, 1.54) is 25.1 Å². The van der Waals surface area contributed by atoms with E-state index in [0.29, 0.717) is 4.90 Å². The first kappa shape index (κ1) is 15.2. The number of carbonyl (C=O) groups is 1. The maximum Gasteiger partial charge on any atom is 0.463 e. The van der Waals surface area contributed by atoms with E-state index >= 15 is 0 Å².